The highest BCUT2D eigenvalue weighted by Crippen LogP contribution is 2.37. The number of hydrogen-bond donors (Lipinski definition) is 1. The fraction of sp³-hybridized carbons (Fsp3) is 0.696. The maximum Gasteiger partial charge on any atom is 0.410 e. The molecule has 3 aliphatic heterocycles. The Hall–Kier alpha value is -1.50. The topological polar surface area (TPSA) is 56.2 Å². The van der Waals surface area contributed by atoms with E-state index in [1.54, 1.807) is 0 Å². The number of likely N-dealkylation sites (tertiary alicyclic amines) is 2. The van der Waals surface area contributed by atoms with E-state index in [4.69, 9.17) is 16.3 Å². The number of anilines is 1. The number of carbonyl (C=O) groups excluding carboxylic acids is 1. The van der Waals surface area contributed by atoms with Crippen molar-refractivity contribution in [2.24, 2.45) is 17.8 Å². The van der Waals surface area contributed by atoms with Crippen LogP contribution in [0.25, 0.3) is 0 Å². The molecule has 0 bridgehead atoms. The van der Waals surface area contributed by atoms with Gasteiger partial charge in [-0.3, -0.25) is 4.90 Å². The van der Waals surface area contributed by atoms with Crippen molar-refractivity contribution in [2.45, 2.75) is 39.3 Å². The maximum atomic E-state index is 12.4. The van der Waals surface area contributed by atoms with Crippen LogP contribution < -0.4 is 4.90 Å². The molecule has 3 heterocycles. The lowest BCUT2D eigenvalue weighted by molar-refractivity contribution is 0.0274. The van der Waals surface area contributed by atoms with Gasteiger partial charge in [0.1, 0.15) is 5.60 Å². The summed E-state index contributed by atoms with van der Waals surface area (Å²) in [6.07, 6.45) is 0.822. The fourth-order valence-corrected chi connectivity index (χ4v) is 5.48. The predicted molar refractivity (Wildman–Crippen MR) is 119 cm³/mol. The van der Waals surface area contributed by atoms with Crippen molar-refractivity contribution in [2.75, 3.05) is 50.8 Å². The molecule has 0 radical (unpaired) electrons. The second-order valence-electron chi connectivity index (χ2n) is 10.1. The third-order valence-corrected chi connectivity index (χ3v) is 6.84. The second kappa shape index (κ2) is 8.56. The van der Waals surface area contributed by atoms with E-state index in [2.05, 4.69) is 15.9 Å². The molecular weight excluding hydrogens is 402 g/mol. The van der Waals surface area contributed by atoms with Crippen molar-refractivity contribution in [3.8, 4) is 0 Å². The van der Waals surface area contributed by atoms with E-state index in [1.807, 2.05) is 37.8 Å². The van der Waals surface area contributed by atoms with Crippen LogP contribution in [-0.4, -0.2) is 72.5 Å². The SMILES string of the molecule is CC(C)(C)OC(=O)N1CC2CN(Cc3cccc(Cl)c3N3CC[C@H](CO)C3)CC2C1. The molecule has 3 atom stereocenters. The zero-order valence-electron chi connectivity index (χ0n) is 18.3. The zero-order valence-corrected chi connectivity index (χ0v) is 19.1. The van der Waals surface area contributed by atoms with Crippen molar-refractivity contribution in [1.82, 2.24) is 9.80 Å². The van der Waals surface area contributed by atoms with E-state index in [0.717, 1.165) is 62.9 Å². The molecule has 1 N–H and O–H groups in total. The molecule has 6 nitrogen and oxygen atoms in total. The summed E-state index contributed by atoms with van der Waals surface area (Å²) >= 11 is 6.61. The van der Waals surface area contributed by atoms with Gasteiger partial charge >= 0.3 is 6.09 Å². The van der Waals surface area contributed by atoms with Gasteiger partial charge in [0.2, 0.25) is 0 Å². The smallest absolute Gasteiger partial charge is 0.410 e. The summed E-state index contributed by atoms with van der Waals surface area (Å²) < 4.78 is 5.55. The summed E-state index contributed by atoms with van der Waals surface area (Å²) in [6, 6.07) is 6.17. The van der Waals surface area contributed by atoms with Crippen LogP contribution in [0.3, 0.4) is 0 Å². The first-order valence-electron chi connectivity index (χ1n) is 11.1. The number of rotatable bonds is 4. The lowest BCUT2D eigenvalue weighted by Gasteiger charge is -2.27. The number of aliphatic hydroxyl groups is 1. The van der Waals surface area contributed by atoms with Crippen molar-refractivity contribution in [3.63, 3.8) is 0 Å². The number of benzene rings is 1. The molecule has 166 valence electrons. The standard InChI is InChI=1S/C23H34ClN3O3/c1-23(2,3)30-22(29)27-13-18-11-25(12-19(18)14-27)10-17-5-4-6-20(24)21(17)26-8-7-16(9-26)15-28/h4-6,16,18-19,28H,7-15H2,1-3H3/t16-,18?,19?/m0/s1. The number of amides is 1. The van der Waals surface area contributed by atoms with Crippen LogP contribution in [-0.2, 0) is 11.3 Å². The van der Waals surface area contributed by atoms with Gasteiger partial charge < -0.3 is 19.6 Å². The third kappa shape index (κ3) is 4.71. The second-order valence-corrected chi connectivity index (χ2v) is 10.5. The van der Waals surface area contributed by atoms with Crippen LogP contribution in [0.5, 0.6) is 0 Å². The molecular formula is C23H34ClN3O3. The Kier molecular flexibility index (Phi) is 6.20. The van der Waals surface area contributed by atoms with E-state index in [9.17, 15) is 9.90 Å². The quantitative estimate of drug-likeness (QED) is 0.784. The Bertz CT molecular complexity index is 767. The van der Waals surface area contributed by atoms with Gasteiger partial charge in [0.15, 0.2) is 0 Å². The number of carbonyl (C=O) groups is 1. The minimum atomic E-state index is -0.450. The van der Waals surface area contributed by atoms with Crippen molar-refractivity contribution < 1.29 is 14.6 Å². The molecule has 1 amide bonds. The van der Waals surface area contributed by atoms with Crippen molar-refractivity contribution in [1.29, 1.82) is 0 Å². The Labute approximate surface area is 184 Å². The van der Waals surface area contributed by atoms with Gasteiger partial charge in [0.25, 0.3) is 0 Å². The zero-order chi connectivity index (χ0) is 21.5. The van der Waals surface area contributed by atoms with Gasteiger partial charge in [0.05, 0.1) is 10.7 Å². The number of para-hydroxylation sites is 1. The van der Waals surface area contributed by atoms with Crippen molar-refractivity contribution >= 4 is 23.4 Å². The normalized spacial score (nSPS) is 27.0. The van der Waals surface area contributed by atoms with E-state index in [0.29, 0.717) is 17.8 Å². The van der Waals surface area contributed by atoms with Crippen LogP contribution in [0.4, 0.5) is 10.5 Å². The summed E-state index contributed by atoms with van der Waals surface area (Å²) in [5.74, 6) is 1.34. The molecule has 1 aromatic carbocycles. The molecule has 2 unspecified atom stereocenters. The summed E-state index contributed by atoms with van der Waals surface area (Å²) in [5.41, 5.74) is 1.93. The summed E-state index contributed by atoms with van der Waals surface area (Å²) in [7, 11) is 0. The molecule has 0 spiro atoms. The molecule has 0 aliphatic carbocycles. The van der Waals surface area contributed by atoms with E-state index >= 15 is 0 Å². The Balaban J connectivity index is 1.38. The lowest BCUT2D eigenvalue weighted by Crippen LogP contribution is -2.37. The number of nitrogens with zero attached hydrogens (tertiary/aromatic N) is 3. The average Bonchev–Trinajstić information content (AvgIpc) is 3.35. The number of hydrogen-bond acceptors (Lipinski definition) is 5. The van der Waals surface area contributed by atoms with E-state index in [1.165, 1.54) is 5.56 Å². The summed E-state index contributed by atoms with van der Waals surface area (Å²) in [4.78, 5) is 19.1. The van der Waals surface area contributed by atoms with Crippen LogP contribution in [0.1, 0.15) is 32.8 Å². The first-order chi connectivity index (χ1) is 14.2. The summed E-state index contributed by atoms with van der Waals surface area (Å²) in [6.45, 7) is 12.2. The van der Waals surface area contributed by atoms with Crippen LogP contribution in [0.2, 0.25) is 5.02 Å². The minimum absolute atomic E-state index is 0.187. The highest BCUT2D eigenvalue weighted by molar-refractivity contribution is 6.33. The first-order valence-corrected chi connectivity index (χ1v) is 11.4. The third-order valence-electron chi connectivity index (χ3n) is 6.54. The van der Waals surface area contributed by atoms with Gasteiger partial charge in [-0.15, -0.1) is 0 Å². The van der Waals surface area contributed by atoms with E-state index < -0.39 is 5.60 Å². The molecule has 0 aromatic heterocycles. The predicted octanol–water partition coefficient (Wildman–Crippen LogP) is 3.46. The van der Waals surface area contributed by atoms with Gasteiger partial charge in [0, 0.05) is 58.3 Å². The summed E-state index contributed by atoms with van der Waals surface area (Å²) in [5, 5.41) is 10.3. The first kappa shape index (κ1) is 21.7. The molecule has 3 aliphatic rings. The lowest BCUT2D eigenvalue weighted by atomic mass is 10.0. The highest BCUT2D eigenvalue weighted by atomic mass is 35.5. The molecule has 3 saturated heterocycles. The van der Waals surface area contributed by atoms with Crippen LogP contribution >= 0.6 is 11.6 Å². The van der Waals surface area contributed by atoms with Gasteiger partial charge in [-0.1, -0.05) is 23.7 Å². The Morgan fingerprint density at radius 1 is 1.17 bits per heavy atom. The minimum Gasteiger partial charge on any atom is -0.444 e. The van der Waals surface area contributed by atoms with Crippen LogP contribution in [0, 0.1) is 17.8 Å². The number of aliphatic hydroxyl groups excluding tert-OH is 1. The average molecular weight is 436 g/mol. The fourth-order valence-electron chi connectivity index (χ4n) is 5.16. The Morgan fingerprint density at radius 2 is 1.87 bits per heavy atom. The van der Waals surface area contributed by atoms with Crippen molar-refractivity contribution in [3.05, 3.63) is 28.8 Å². The highest BCUT2D eigenvalue weighted by Gasteiger charge is 2.42. The molecule has 0 saturated carbocycles. The van der Waals surface area contributed by atoms with E-state index in [-0.39, 0.29) is 12.7 Å². The molecule has 1 aromatic rings. The Morgan fingerprint density at radius 3 is 2.47 bits per heavy atom. The monoisotopic (exact) mass is 435 g/mol. The van der Waals surface area contributed by atoms with Gasteiger partial charge in [-0.05, 0) is 50.7 Å². The van der Waals surface area contributed by atoms with Crippen LogP contribution in [0.15, 0.2) is 18.2 Å². The molecule has 7 heteroatoms. The number of fused-ring (bicyclic) bond motifs is 1. The molecule has 30 heavy (non-hydrogen) atoms. The van der Waals surface area contributed by atoms with Gasteiger partial charge in [-0.2, -0.15) is 0 Å². The van der Waals surface area contributed by atoms with Gasteiger partial charge in [-0.25, -0.2) is 4.79 Å². The molecule has 3 fully saturated rings. The maximum absolute atomic E-state index is 12.4. The number of halogens is 1. The number of ether oxygens (including phenoxy) is 1. The molecule has 4 rings (SSSR count). The largest absolute Gasteiger partial charge is 0.444 e.